The van der Waals surface area contributed by atoms with E-state index in [-0.39, 0.29) is 36.4 Å². The van der Waals surface area contributed by atoms with Crippen LogP contribution in [0.2, 0.25) is 0 Å². The molecule has 1 aromatic heterocycles. The largest absolute Gasteiger partial charge is 0.481 e. The maximum Gasteiger partial charge on any atom is 0.412 e. The first kappa shape index (κ1) is 23.0. The van der Waals surface area contributed by atoms with E-state index in [0.717, 1.165) is 22.3 Å². The van der Waals surface area contributed by atoms with Crippen molar-refractivity contribution in [1.29, 1.82) is 0 Å². The quantitative estimate of drug-likeness (QED) is 0.400. The van der Waals surface area contributed by atoms with Crippen LogP contribution in [0.3, 0.4) is 0 Å². The van der Waals surface area contributed by atoms with Gasteiger partial charge in [0.1, 0.15) is 12.3 Å². The number of carboxylic acid groups (broad SMARTS) is 1. The standard InChI is InChI=1S/C25H26N4O5/c1-14(2)20(12-23(30)31)26-24(32)21-11-22(29-28-21)27-25(33)34-13-19-17-9-5-3-7-15(17)16-8-4-6-10-18(16)19/h3-11,14,19-20H,12-13H2,1-2H3,(H,26,32)(H,30,31)(H2,27,28,29,33)/t20-/m0/s1. The van der Waals surface area contributed by atoms with Crippen LogP contribution in [-0.2, 0) is 9.53 Å². The van der Waals surface area contributed by atoms with Crippen LogP contribution in [-0.4, -0.2) is 45.9 Å². The molecule has 2 aromatic carbocycles. The van der Waals surface area contributed by atoms with Crippen molar-refractivity contribution in [2.45, 2.75) is 32.2 Å². The summed E-state index contributed by atoms with van der Waals surface area (Å²) in [7, 11) is 0. The molecule has 0 aliphatic heterocycles. The van der Waals surface area contributed by atoms with E-state index in [0.29, 0.717) is 0 Å². The summed E-state index contributed by atoms with van der Waals surface area (Å²) >= 11 is 0. The molecule has 176 valence electrons. The molecule has 0 saturated heterocycles. The number of aromatic amines is 1. The zero-order chi connectivity index (χ0) is 24.2. The highest BCUT2D eigenvalue weighted by Gasteiger charge is 2.29. The van der Waals surface area contributed by atoms with Crippen molar-refractivity contribution < 1.29 is 24.2 Å². The predicted octanol–water partition coefficient (Wildman–Crippen LogP) is 4.00. The first-order valence-corrected chi connectivity index (χ1v) is 11.0. The molecule has 0 bridgehead atoms. The molecule has 0 fully saturated rings. The highest BCUT2D eigenvalue weighted by atomic mass is 16.5. The molecular weight excluding hydrogens is 436 g/mol. The summed E-state index contributed by atoms with van der Waals surface area (Å²) in [5.74, 6) is -1.52. The number of hydrogen-bond acceptors (Lipinski definition) is 5. The maximum atomic E-state index is 12.5. The van der Waals surface area contributed by atoms with Gasteiger partial charge < -0.3 is 15.2 Å². The van der Waals surface area contributed by atoms with E-state index < -0.39 is 24.0 Å². The molecule has 3 aromatic rings. The molecule has 0 unspecified atom stereocenters. The van der Waals surface area contributed by atoms with E-state index in [1.807, 2.05) is 50.2 Å². The van der Waals surface area contributed by atoms with Crippen molar-refractivity contribution in [3.8, 4) is 11.1 Å². The minimum Gasteiger partial charge on any atom is -0.481 e. The Bertz CT molecular complexity index is 1170. The molecule has 1 aliphatic rings. The molecule has 4 rings (SSSR count). The van der Waals surface area contributed by atoms with Gasteiger partial charge in [-0.2, -0.15) is 5.10 Å². The molecule has 34 heavy (non-hydrogen) atoms. The minimum absolute atomic E-state index is 0.0682. The molecule has 9 heteroatoms. The van der Waals surface area contributed by atoms with Gasteiger partial charge in [-0.25, -0.2) is 4.79 Å². The number of ether oxygens (including phenoxy) is 1. The lowest BCUT2D eigenvalue weighted by Gasteiger charge is -2.19. The van der Waals surface area contributed by atoms with Gasteiger partial charge in [0.15, 0.2) is 5.82 Å². The second-order valence-corrected chi connectivity index (χ2v) is 8.54. The number of nitrogens with zero attached hydrogens (tertiary/aromatic N) is 1. The monoisotopic (exact) mass is 462 g/mol. The Labute approximate surface area is 196 Å². The number of carbonyl (C=O) groups excluding carboxylic acids is 2. The summed E-state index contributed by atoms with van der Waals surface area (Å²) in [6, 6.07) is 16.9. The summed E-state index contributed by atoms with van der Waals surface area (Å²) in [6.45, 7) is 3.80. The molecular formula is C25H26N4O5. The predicted molar refractivity (Wildman–Crippen MR) is 126 cm³/mol. The Balaban J connectivity index is 1.36. The Hall–Kier alpha value is -4.14. The van der Waals surface area contributed by atoms with Crippen molar-refractivity contribution in [3.63, 3.8) is 0 Å². The number of hydrogen-bond donors (Lipinski definition) is 4. The lowest BCUT2D eigenvalue weighted by atomic mass is 9.98. The van der Waals surface area contributed by atoms with Crippen molar-refractivity contribution in [3.05, 3.63) is 71.4 Å². The van der Waals surface area contributed by atoms with Crippen LogP contribution in [0.5, 0.6) is 0 Å². The molecule has 1 atom stereocenters. The number of rotatable bonds is 8. The highest BCUT2D eigenvalue weighted by molar-refractivity contribution is 5.94. The third kappa shape index (κ3) is 4.93. The lowest BCUT2D eigenvalue weighted by molar-refractivity contribution is -0.137. The Morgan fingerprint density at radius 1 is 1.06 bits per heavy atom. The molecule has 1 aliphatic carbocycles. The fraction of sp³-hybridized carbons (Fsp3) is 0.280. The topological polar surface area (TPSA) is 133 Å². The summed E-state index contributed by atoms with van der Waals surface area (Å²) < 4.78 is 5.48. The number of aromatic nitrogens is 2. The van der Waals surface area contributed by atoms with E-state index in [1.54, 1.807) is 0 Å². The normalized spacial score (nSPS) is 13.1. The number of amides is 2. The second kappa shape index (κ2) is 9.78. The number of anilines is 1. The van der Waals surface area contributed by atoms with Gasteiger partial charge in [-0.3, -0.25) is 20.0 Å². The van der Waals surface area contributed by atoms with Gasteiger partial charge in [-0.15, -0.1) is 0 Å². The number of H-pyrrole nitrogens is 1. The lowest BCUT2D eigenvalue weighted by Crippen LogP contribution is -2.40. The maximum absolute atomic E-state index is 12.5. The third-order valence-corrected chi connectivity index (χ3v) is 5.91. The van der Waals surface area contributed by atoms with Crippen molar-refractivity contribution >= 4 is 23.8 Å². The van der Waals surface area contributed by atoms with Gasteiger partial charge in [0.05, 0.1) is 6.42 Å². The third-order valence-electron chi connectivity index (χ3n) is 5.91. The van der Waals surface area contributed by atoms with Gasteiger partial charge in [-0.05, 0) is 28.2 Å². The smallest absolute Gasteiger partial charge is 0.412 e. The van der Waals surface area contributed by atoms with Gasteiger partial charge >= 0.3 is 12.1 Å². The summed E-state index contributed by atoms with van der Waals surface area (Å²) in [6.07, 6.45) is -0.881. The van der Waals surface area contributed by atoms with Gasteiger partial charge in [-0.1, -0.05) is 62.4 Å². The van der Waals surface area contributed by atoms with Crippen LogP contribution in [0.1, 0.15) is 47.8 Å². The summed E-state index contributed by atoms with van der Waals surface area (Å²) in [5, 5.41) is 20.7. The number of carboxylic acids is 1. The van der Waals surface area contributed by atoms with Gasteiger partial charge in [0.25, 0.3) is 5.91 Å². The second-order valence-electron chi connectivity index (χ2n) is 8.54. The van der Waals surface area contributed by atoms with Crippen LogP contribution in [0, 0.1) is 5.92 Å². The van der Waals surface area contributed by atoms with E-state index >= 15 is 0 Å². The highest BCUT2D eigenvalue weighted by Crippen LogP contribution is 2.44. The number of carbonyl (C=O) groups is 3. The van der Waals surface area contributed by atoms with Crippen LogP contribution < -0.4 is 10.6 Å². The molecule has 1 heterocycles. The Morgan fingerprint density at radius 3 is 2.26 bits per heavy atom. The first-order chi connectivity index (χ1) is 16.3. The first-order valence-electron chi connectivity index (χ1n) is 11.0. The van der Waals surface area contributed by atoms with E-state index in [2.05, 4.69) is 33.0 Å². The molecule has 9 nitrogen and oxygen atoms in total. The van der Waals surface area contributed by atoms with Crippen molar-refractivity contribution in [1.82, 2.24) is 15.5 Å². The van der Waals surface area contributed by atoms with Crippen LogP contribution in [0.25, 0.3) is 11.1 Å². The fourth-order valence-electron chi connectivity index (χ4n) is 4.13. The Morgan fingerprint density at radius 2 is 1.68 bits per heavy atom. The van der Waals surface area contributed by atoms with E-state index in [1.165, 1.54) is 6.07 Å². The van der Waals surface area contributed by atoms with Crippen LogP contribution in [0.4, 0.5) is 10.6 Å². The SMILES string of the molecule is CC(C)[C@H](CC(=O)O)NC(=O)c1cc(NC(=O)OCC2c3ccccc3-c3ccccc32)n[nH]1. The molecule has 0 saturated carbocycles. The minimum atomic E-state index is -0.999. The van der Waals surface area contributed by atoms with Crippen molar-refractivity contribution in [2.75, 3.05) is 11.9 Å². The molecule has 0 radical (unpaired) electrons. The average Bonchev–Trinajstić information content (AvgIpc) is 3.39. The number of aliphatic carboxylic acids is 1. The average molecular weight is 463 g/mol. The van der Waals surface area contributed by atoms with Crippen LogP contribution >= 0.6 is 0 Å². The summed E-state index contributed by atoms with van der Waals surface area (Å²) in [5.41, 5.74) is 4.59. The van der Waals surface area contributed by atoms with E-state index in [9.17, 15) is 14.4 Å². The molecule has 4 N–H and O–H groups in total. The van der Waals surface area contributed by atoms with Gasteiger partial charge in [0, 0.05) is 18.0 Å². The fourth-order valence-corrected chi connectivity index (χ4v) is 4.13. The molecule has 0 spiro atoms. The number of benzene rings is 2. The molecule has 2 amide bonds. The Kier molecular flexibility index (Phi) is 6.62. The summed E-state index contributed by atoms with van der Waals surface area (Å²) in [4.78, 5) is 35.9. The zero-order valence-corrected chi connectivity index (χ0v) is 18.9. The number of fused-ring (bicyclic) bond motifs is 3. The van der Waals surface area contributed by atoms with Crippen LogP contribution in [0.15, 0.2) is 54.6 Å². The van der Waals surface area contributed by atoms with E-state index in [4.69, 9.17) is 9.84 Å². The van der Waals surface area contributed by atoms with Gasteiger partial charge in [0.2, 0.25) is 0 Å². The number of nitrogens with one attached hydrogen (secondary N) is 3. The zero-order valence-electron chi connectivity index (χ0n) is 18.9. The van der Waals surface area contributed by atoms with Crippen molar-refractivity contribution in [2.24, 2.45) is 5.92 Å².